The molecule has 1 aliphatic rings. The van der Waals surface area contributed by atoms with E-state index in [2.05, 4.69) is 10.00 Å². The number of amides is 1. The van der Waals surface area contributed by atoms with Crippen molar-refractivity contribution in [3.05, 3.63) is 47.2 Å². The van der Waals surface area contributed by atoms with Gasteiger partial charge in [-0.15, -0.1) is 0 Å². The number of rotatable bonds is 6. The Morgan fingerprint density at radius 2 is 2.17 bits per heavy atom. The molecule has 0 spiro atoms. The summed E-state index contributed by atoms with van der Waals surface area (Å²) in [6, 6.07) is 7.48. The van der Waals surface area contributed by atoms with Crippen LogP contribution in [0.1, 0.15) is 18.4 Å². The van der Waals surface area contributed by atoms with E-state index in [9.17, 15) is 4.79 Å². The van der Waals surface area contributed by atoms with Gasteiger partial charge in [0.2, 0.25) is 5.91 Å². The fraction of sp³-hybridized carbons (Fsp3) is 0.412. The van der Waals surface area contributed by atoms with Gasteiger partial charge >= 0.3 is 0 Å². The number of methoxy groups -OCH3 is 1. The van der Waals surface area contributed by atoms with Gasteiger partial charge in [-0.2, -0.15) is 5.10 Å². The molecule has 1 amide bonds. The Balaban J connectivity index is 1.78. The third-order valence-electron chi connectivity index (χ3n) is 4.57. The topological polar surface area (TPSA) is 73.4 Å². The van der Waals surface area contributed by atoms with Crippen LogP contribution in [0.2, 0.25) is 5.02 Å². The van der Waals surface area contributed by atoms with Crippen LogP contribution < -0.4 is 5.73 Å². The van der Waals surface area contributed by atoms with E-state index in [1.807, 2.05) is 36.7 Å². The van der Waals surface area contributed by atoms with Crippen LogP contribution in [0.3, 0.4) is 0 Å². The lowest BCUT2D eigenvalue weighted by molar-refractivity contribution is -0.132. The van der Waals surface area contributed by atoms with Crippen molar-refractivity contribution in [3.8, 4) is 5.69 Å². The Bertz CT molecular complexity index is 716. The predicted octanol–water partition coefficient (Wildman–Crippen LogP) is 1.99. The van der Waals surface area contributed by atoms with Gasteiger partial charge in [0.25, 0.3) is 0 Å². The summed E-state index contributed by atoms with van der Waals surface area (Å²) in [5.74, 6) is -0.327. The molecule has 1 unspecified atom stereocenters. The van der Waals surface area contributed by atoms with E-state index in [4.69, 9.17) is 22.1 Å². The van der Waals surface area contributed by atoms with E-state index < -0.39 is 5.54 Å². The summed E-state index contributed by atoms with van der Waals surface area (Å²) < 4.78 is 7.06. The van der Waals surface area contributed by atoms with Crippen molar-refractivity contribution in [1.82, 2.24) is 14.7 Å². The SMILES string of the molecule is COCC1(C(N)=O)CCCN1Cc1cnn(-c2ccc(Cl)cc2)c1. The number of aromatic nitrogens is 2. The molecule has 0 aliphatic carbocycles. The Hall–Kier alpha value is -1.89. The maximum absolute atomic E-state index is 12.0. The van der Waals surface area contributed by atoms with Crippen LogP contribution in [0, 0.1) is 0 Å². The number of benzene rings is 1. The fourth-order valence-electron chi connectivity index (χ4n) is 3.31. The highest BCUT2D eigenvalue weighted by Crippen LogP contribution is 2.31. The number of likely N-dealkylation sites (tertiary alicyclic amines) is 1. The van der Waals surface area contributed by atoms with Crippen molar-refractivity contribution in [2.45, 2.75) is 24.9 Å². The van der Waals surface area contributed by atoms with Gasteiger partial charge in [0.05, 0.1) is 18.5 Å². The average molecular weight is 349 g/mol. The molecule has 2 heterocycles. The second-order valence-electron chi connectivity index (χ2n) is 6.12. The summed E-state index contributed by atoms with van der Waals surface area (Å²) in [4.78, 5) is 14.1. The number of hydrogen-bond acceptors (Lipinski definition) is 4. The lowest BCUT2D eigenvalue weighted by atomic mass is 9.96. The highest BCUT2D eigenvalue weighted by molar-refractivity contribution is 6.30. The Kier molecular flexibility index (Phi) is 4.89. The van der Waals surface area contributed by atoms with Crippen molar-refractivity contribution in [3.63, 3.8) is 0 Å². The van der Waals surface area contributed by atoms with Crippen molar-refractivity contribution in [2.24, 2.45) is 5.73 Å². The predicted molar refractivity (Wildman–Crippen MR) is 92.0 cm³/mol. The molecule has 1 saturated heterocycles. The summed E-state index contributed by atoms with van der Waals surface area (Å²) in [7, 11) is 1.60. The number of halogens is 1. The number of carbonyl (C=O) groups excluding carboxylic acids is 1. The number of hydrogen-bond donors (Lipinski definition) is 1. The molecule has 1 aromatic carbocycles. The molecule has 0 radical (unpaired) electrons. The van der Waals surface area contributed by atoms with Crippen LogP contribution in [0.15, 0.2) is 36.7 Å². The zero-order valence-corrected chi connectivity index (χ0v) is 14.4. The molecule has 2 aromatic rings. The first-order chi connectivity index (χ1) is 11.5. The Morgan fingerprint density at radius 3 is 2.83 bits per heavy atom. The van der Waals surface area contributed by atoms with Gasteiger partial charge in [0.15, 0.2) is 0 Å². The molecular weight excluding hydrogens is 328 g/mol. The minimum Gasteiger partial charge on any atom is -0.382 e. The quantitative estimate of drug-likeness (QED) is 0.866. The van der Waals surface area contributed by atoms with Crippen molar-refractivity contribution in [2.75, 3.05) is 20.3 Å². The molecule has 1 fully saturated rings. The van der Waals surface area contributed by atoms with Gasteiger partial charge in [-0.25, -0.2) is 4.68 Å². The normalized spacial score (nSPS) is 21.2. The Labute approximate surface area is 146 Å². The second-order valence-corrected chi connectivity index (χ2v) is 6.56. The highest BCUT2D eigenvalue weighted by atomic mass is 35.5. The van der Waals surface area contributed by atoms with Gasteiger partial charge < -0.3 is 10.5 Å². The maximum atomic E-state index is 12.0. The summed E-state index contributed by atoms with van der Waals surface area (Å²) >= 11 is 5.92. The third kappa shape index (κ3) is 3.17. The summed E-state index contributed by atoms with van der Waals surface area (Å²) in [5.41, 5.74) is 6.91. The molecule has 2 N–H and O–H groups in total. The molecule has 1 aromatic heterocycles. The van der Waals surface area contributed by atoms with E-state index in [-0.39, 0.29) is 5.91 Å². The van der Waals surface area contributed by atoms with E-state index in [1.54, 1.807) is 11.8 Å². The number of nitrogens with two attached hydrogens (primary N) is 1. The van der Waals surface area contributed by atoms with Crippen LogP contribution in [0.25, 0.3) is 5.69 Å². The molecule has 24 heavy (non-hydrogen) atoms. The third-order valence-corrected chi connectivity index (χ3v) is 4.82. The molecule has 7 heteroatoms. The van der Waals surface area contributed by atoms with Gasteiger partial charge in [-0.05, 0) is 43.7 Å². The zero-order valence-electron chi connectivity index (χ0n) is 13.6. The summed E-state index contributed by atoms with van der Waals surface area (Å²) in [5, 5.41) is 5.09. The zero-order chi connectivity index (χ0) is 17.2. The minimum atomic E-state index is -0.725. The second kappa shape index (κ2) is 6.93. The first-order valence-electron chi connectivity index (χ1n) is 7.88. The molecule has 1 aliphatic heterocycles. The van der Waals surface area contributed by atoms with Crippen LogP contribution in [-0.2, 0) is 16.1 Å². The first-order valence-corrected chi connectivity index (χ1v) is 8.26. The molecule has 0 bridgehead atoms. The van der Waals surface area contributed by atoms with E-state index >= 15 is 0 Å². The fourth-order valence-corrected chi connectivity index (χ4v) is 3.44. The van der Waals surface area contributed by atoms with Crippen molar-refractivity contribution < 1.29 is 9.53 Å². The molecule has 0 saturated carbocycles. The first kappa shape index (κ1) is 17.0. The monoisotopic (exact) mass is 348 g/mol. The maximum Gasteiger partial charge on any atom is 0.240 e. The molecule has 6 nitrogen and oxygen atoms in total. The van der Waals surface area contributed by atoms with Gasteiger partial charge in [-0.1, -0.05) is 11.6 Å². The average Bonchev–Trinajstić information content (AvgIpc) is 3.17. The smallest absolute Gasteiger partial charge is 0.240 e. The van der Waals surface area contributed by atoms with Gasteiger partial charge in [-0.3, -0.25) is 9.69 Å². The van der Waals surface area contributed by atoms with E-state index in [0.717, 1.165) is 30.6 Å². The summed E-state index contributed by atoms with van der Waals surface area (Å²) in [6.45, 7) is 1.74. The largest absolute Gasteiger partial charge is 0.382 e. The standard InChI is InChI=1S/C17H21ClN4O2/c1-24-12-17(16(19)23)7-2-8-21(17)10-13-9-20-22(11-13)15-5-3-14(18)4-6-15/h3-6,9,11H,2,7-8,10,12H2,1H3,(H2,19,23). The van der Waals surface area contributed by atoms with E-state index in [0.29, 0.717) is 18.2 Å². The lowest BCUT2D eigenvalue weighted by Gasteiger charge is -2.34. The number of carbonyl (C=O) groups is 1. The Morgan fingerprint density at radius 1 is 1.42 bits per heavy atom. The molecule has 1 atom stereocenters. The molecular formula is C17H21ClN4O2. The van der Waals surface area contributed by atoms with Crippen LogP contribution >= 0.6 is 11.6 Å². The summed E-state index contributed by atoms with van der Waals surface area (Å²) in [6.07, 6.45) is 5.42. The highest BCUT2D eigenvalue weighted by Gasteiger charge is 2.46. The van der Waals surface area contributed by atoms with Crippen molar-refractivity contribution >= 4 is 17.5 Å². The van der Waals surface area contributed by atoms with Crippen LogP contribution in [-0.4, -0.2) is 46.4 Å². The van der Waals surface area contributed by atoms with E-state index in [1.165, 1.54) is 0 Å². The van der Waals surface area contributed by atoms with Crippen LogP contribution in [0.5, 0.6) is 0 Å². The van der Waals surface area contributed by atoms with Crippen molar-refractivity contribution in [1.29, 1.82) is 0 Å². The number of ether oxygens (including phenoxy) is 1. The van der Waals surface area contributed by atoms with Gasteiger partial charge in [0.1, 0.15) is 5.54 Å². The number of primary amides is 1. The minimum absolute atomic E-state index is 0.313. The molecule has 3 rings (SSSR count). The molecule has 128 valence electrons. The van der Waals surface area contributed by atoms with Crippen LogP contribution in [0.4, 0.5) is 0 Å². The lowest BCUT2D eigenvalue weighted by Crippen LogP contribution is -2.56. The number of nitrogens with zero attached hydrogens (tertiary/aromatic N) is 3. The van der Waals surface area contributed by atoms with Gasteiger partial charge in [0, 0.05) is 30.4 Å².